The minimum atomic E-state index is -0.0555. The van der Waals surface area contributed by atoms with Gasteiger partial charge in [-0.2, -0.15) is 0 Å². The summed E-state index contributed by atoms with van der Waals surface area (Å²) in [4.78, 5) is 14.2. The molecule has 1 unspecified atom stereocenters. The number of rotatable bonds is 4. The number of nitrogens with one attached hydrogen (secondary N) is 1. The van der Waals surface area contributed by atoms with E-state index in [-0.39, 0.29) is 12.1 Å². The lowest BCUT2D eigenvalue weighted by molar-refractivity contribution is 0.183. The van der Waals surface area contributed by atoms with Crippen molar-refractivity contribution >= 4 is 6.03 Å². The highest BCUT2D eigenvalue weighted by Crippen LogP contribution is 2.23. The molecule has 6 nitrogen and oxygen atoms in total. The maximum absolute atomic E-state index is 12.4. The second-order valence-electron chi connectivity index (χ2n) is 5.97. The topological polar surface area (TPSA) is 63.1 Å². The van der Waals surface area contributed by atoms with Gasteiger partial charge in [-0.3, -0.25) is 0 Å². The van der Waals surface area contributed by atoms with Gasteiger partial charge in [0.2, 0.25) is 0 Å². The first-order valence-corrected chi connectivity index (χ1v) is 8.13. The van der Waals surface area contributed by atoms with Crippen LogP contribution in [0.15, 0.2) is 30.6 Å². The van der Waals surface area contributed by atoms with Gasteiger partial charge in [-0.1, -0.05) is 24.3 Å². The van der Waals surface area contributed by atoms with Crippen molar-refractivity contribution in [1.82, 2.24) is 25.0 Å². The van der Waals surface area contributed by atoms with Gasteiger partial charge in [-0.05, 0) is 37.3 Å². The third-order valence-corrected chi connectivity index (χ3v) is 4.62. The number of urea groups is 1. The summed E-state index contributed by atoms with van der Waals surface area (Å²) in [5, 5.41) is 10.9. The monoisotopic (exact) mass is 313 g/mol. The van der Waals surface area contributed by atoms with Gasteiger partial charge in [0.25, 0.3) is 0 Å². The Labute approximate surface area is 136 Å². The quantitative estimate of drug-likeness (QED) is 0.939. The van der Waals surface area contributed by atoms with Gasteiger partial charge in [-0.15, -0.1) is 10.2 Å². The number of aromatic nitrogens is 3. The summed E-state index contributed by atoms with van der Waals surface area (Å²) in [5.74, 6) is 0.781. The molecule has 0 bridgehead atoms. The smallest absolute Gasteiger partial charge is 0.317 e. The fraction of sp³-hybridized carbons (Fsp3) is 0.471. The zero-order chi connectivity index (χ0) is 16.2. The van der Waals surface area contributed by atoms with Crippen molar-refractivity contribution in [2.24, 2.45) is 0 Å². The molecule has 1 heterocycles. The number of amides is 2. The molecule has 0 saturated carbocycles. The molecule has 1 aromatic heterocycles. The molecule has 0 spiro atoms. The number of carbonyl (C=O) groups excluding carboxylic acids is 1. The highest BCUT2D eigenvalue weighted by Gasteiger charge is 2.24. The molecule has 0 fully saturated rings. The van der Waals surface area contributed by atoms with E-state index in [1.54, 1.807) is 6.33 Å². The number of aryl methyl sites for hydroxylation is 2. The van der Waals surface area contributed by atoms with Crippen LogP contribution in [0.2, 0.25) is 0 Å². The third kappa shape index (κ3) is 3.36. The van der Waals surface area contributed by atoms with Gasteiger partial charge in [0.1, 0.15) is 6.33 Å². The van der Waals surface area contributed by atoms with Crippen molar-refractivity contribution in [1.29, 1.82) is 0 Å². The lowest BCUT2D eigenvalue weighted by Crippen LogP contribution is -2.45. The Morgan fingerprint density at radius 1 is 1.39 bits per heavy atom. The standard InChI is InChI=1S/C17H23N5O/c1-3-22-12-19-20-16(22)11-18-17(23)21(2)15-9-8-13-6-4-5-7-14(13)10-15/h4-7,12,15H,3,8-11H2,1-2H3,(H,18,23). The van der Waals surface area contributed by atoms with Crippen LogP contribution in [-0.2, 0) is 25.9 Å². The fourth-order valence-corrected chi connectivity index (χ4v) is 3.13. The number of carbonyl (C=O) groups is 1. The van der Waals surface area contributed by atoms with E-state index in [0.29, 0.717) is 6.54 Å². The van der Waals surface area contributed by atoms with Gasteiger partial charge < -0.3 is 14.8 Å². The van der Waals surface area contributed by atoms with Crippen molar-refractivity contribution < 1.29 is 4.79 Å². The SMILES string of the molecule is CCn1cnnc1CNC(=O)N(C)C1CCc2ccccc2C1. The van der Waals surface area contributed by atoms with Crippen LogP contribution in [0.1, 0.15) is 30.3 Å². The first kappa shape index (κ1) is 15.5. The Morgan fingerprint density at radius 2 is 2.17 bits per heavy atom. The Morgan fingerprint density at radius 3 is 2.96 bits per heavy atom. The molecule has 2 amide bonds. The largest absolute Gasteiger partial charge is 0.331 e. The third-order valence-electron chi connectivity index (χ3n) is 4.62. The van der Waals surface area contributed by atoms with E-state index < -0.39 is 0 Å². The second kappa shape index (κ2) is 6.81. The molecular weight excluding hydrogens is 290 g/mol. The highest BCUT2D eigenvalue weighted by atomic mass is 16.2. The number of hydrogen-bond acceptors (Lipinski definition) is 3. The highest BCUT2D eigenvalue weighted by molar-refractivity contribution is 5.74. The van der Waals surface area contributed by atoms with Crippen molar-refractivity contribution in [2.45, 2.75) is 45.3 Å². The first-order valence-electron chi connectivity index (χ1n) is 8.13. The molecule has 1 aliphatic carbocycles. The van der Waals surface area contributed by atoms with Gasteiger partial charge in [-0.25, -0.2) is 4.79 Å². The van der Waals surface area contributed by atoms with Crippen molar-refractivity contribution in [3.63, 3.8) is 0 Å². The minimum absolute atomic E-state index is 0.0555. The molecule has 1 atom stereocenters. The summed E-state index contributed by atoms with van der Waals surface area (Å²) in [6, 6.07) is 8.69. The Balaban J connectivity index is 1.58. The lowest BCUT2D eigenvalue weighted by Gasteiger charge is -2.32. The molecule has 1 aromatic carbocycles. The summed E-state index contributed by atoms with van der Waals surface area (Å²) >= 11 is 0. The molecule has 3 rings (SSSR count). The molecule has 6 heteroatoms. The molecule has 0 radical (unpaired) electrons. The average Bonchev–Trinajstić information content (AvgIpc) is 3.06. The number of fused-ring (bicyclic) bond motifs is 1. The predicted octanol–water partition coefficient (Wildman–Crippen LogP) is 2.00. The van der Waals surface area contributed by atoms with Crippen LogP contribution in [0, 0.1) is 0 Å². The number of hydrogen-bond donors (Lipinski definition) is 1. The molecule has 122 valence electrons. The minimum Gasteiger partial charge on any atom is -0.331 e. The van der Waals surface area contributed by atoms with Crippen LogP contribution >= 0.6 is 0 Å². The van der Waals surface area contributed by atoms with E-state index in [2.05, 4.69) is 39.8 Å². The Hall–Kier alpha value is -2.37. The molecule has 0 saturated heterocycles. The average molecular weight is 313 g/mol. The molecule has 0 aliphatic heterocycles. The second-order valence-corrected chi connectivity index (χ2v) is 5.97. The van der Waals surface area contributed by atoms with Crippen LogP contribution in [0.3, 0.4) is 0 Å². The number of benzene rings is 1. The molecule has 2 aromatic rings. The summed E-state index contributed by atoms with van der Waals surface area (Å²) in [5.41, 5.74) is 2.77. The number of likely N-dealkylation sites (N-methyl/N-ethyl adjacent to an activating group) is 1. The van der Waals surface area contributed by atoms with Crippen molar-refractivity contribution in [2.75, 3.05) is 7.05 Å². The summed E-state index contributed by atoms with van der Waals surface area (Å²) in [6.45, 7) is 3.23. The van der Waals surface area contributed by atoms with E-state index >= 15 is 0 Å². The van der Waals surface area contributed by atoms with Gasteiger partial charge in [0.05, 0.1) is 6.54 Å². The lowest BCUT2D eigenvalue weighted by atomic mass is 9.88. The molecular formula is C17H23N5O. The summed E-state index contributed by atoms with van der Waals surface area (Å²) in [6.07, 6.45) is 4.64. The van der Waals surface area contributed by atoms with Gasteiger partial charge in [0.15, 0.2) is 5.82 Å². The van der Waals surface area contributed by atoms with Crippen molar-refractivity contribution in [3.8, 4) is 0 Å². The normalized spacial score (nSPS) is 16.7. The Bertz CT molecular complexity index is 681. The predicted molar refractivity (Wildman–Crippen MR) is 87.9 cm³/mol. The van der Waals surface area contributed by atoms with E-state index in [1.807, 2.05) is 23.4 Å². The first-order chi connectivity index (χ1) is 11.2. The van der Waals surface area contributed by atoms with Gasteiger partial charge >= 0.3 is 6.03 Å². The zero-order valence-corrected chi connectivity index (χ0v) is 13.7. The van der Waals surface area contributed by atoms with E-state index in [9.17, 15) is 4.79 Å². The molecule has 1 N–H and O–H groups in total. The Kier molecular flexibility index (Phi) is 4.60. The van der Waals surface area contributed by atoms with Crippen LogP contribution in [-0.4, -0.2) is 38.8 Å². The fourth-order valence-electron chi connectivity index (χ4n) is 3.13. The van der Waals surface area contributed by atoms with Gasteiger partial charge in [0, 0.05) is 19.6 Å². The van der Waals surface area contributed by atoms with Crippen LogP contribution < -0.4 is 5.32 Å². The van der Waals surface area contributed by atoms with E-state index in [0.717, 1.165) is 31.6 Å². The zero-order valence-electron chi connectivity index (χ0n) is 13.7. The van der Waals surface area contributed by atoms with Crippen LogP contribution in [0.4, 0.5) is 4.79 Å². The van der Waals surface area contributed by atoms with Crippen LogP contribution in [0.25, 0.3) is 0 Å². The summed E-state index contributed by atoms with van der Waals surface area (Å²) < 4.78 is 1.93. The maximum atomic E-state index is 12.4. The van der Waals surface area contributed by atoms with E-state index in [4.69, 9.17) is 0 Å². The number of nitrogens with zero attached hydrogens (tertiary/aromatic N) is 4. The molecule has 1 aliphatic rings. The van der Waals surface area contributed by atoms with Crippen molar-refractivity contribution in [3.05, 3.63) is 47.5 Å². The summed E-state index contributed by atoms with van der Waals surface area (Å²) in [7, 11) is 1.87. The van der Waals surface area contributed by atoms with E-state index in [1.165, 1.54) is 11.1 Å². The maximum Gasteiger partial charge on any atom is 0.317 e. The van der Waals surface area contributed by atoms with Crippen LogP contribution in [0.5, 0.6) is 0 Å². The molecule has 23 heavy (non-hydrogen) atoms.